The predicted molar refractivity (Wildman–Crippen MR) is 115 cm³/mol. The first-order valence-corrected chi connectivity index (χ1v) is 10.6. The van der Waals surface area contributed by atoms with Gasteiger partial charge in [-0.1, -0.05) is 12.1 Å². The highest BCUT2D eigenvalue weighted by atomic mass is 19.1. The van der Waals surface area contributed by atoms with E-state index < -0.39 is 5.60 Å². The van der Waals surface area contributed by atoms with Gasteiger partial charge in [0.05, 0.1) is 18.4 Å². The average molecular weight is 421 g/mol. The lowest BCUT2D eigenvalue weighted by Gasteiger charge is -2.35. The molecular weight excluding hydrogens is 397 g/mol. The highest BCUT2D eigenvalue weighted by Crippen LogP contribution is 2.40. The molecule has 1 saturated heterocycles. The van der Waals surface area contributed by atoms with Crippen LogP contribution in [0.4, 0.5) is 20.7 Å². The van der Waals surface area contributed by atoms with Gasteiger partial charge in [-0.25, -0.2) is 13.9 Å². The number of hydrogen-bond donors (Lipinski definition) is 1. The lowest BCUT2D eigenvalue weighted by molar-refractivity contribution is 0.0148. The Morgan fingerprint density at radius 3 is 2.77 bits per heavy atom. The zero-order valence-corrected chi connectivity index (χ0v) is 17.1. The molecule has 3 heterocycles. The fraction of sp³-hybridized carbons (Fsp3) is 0.348. The van der Waals surface area contributed by atoms with Crippen molar-refractivity contribution >= 4 is 17.6 Å². The molecule has 1 N–H and O–H groups in total. The van der Waals surface area contributed by atoms with Crippen LogP contribution in [0, 0.1) is 11.7 Å². The Morgan fingerprint density at radius 2 is 2.00 bits per heavy atom. The smallest absolute Gasteiger partial charge is 0.415 e. The largest absolute Gasteiger partial charge is 0.441 e. The van der Waals surface area contributed by atoms with Gasteiger partial charge in [0.25, 0.3) is 0 Å². The minimum Gasteiger partial charge on any atom is -0.441 e. The highest BCUT2D eigenvalue weighted by Gasteiger charge is 2.47. The van der Waals surface area contributed by atoms with Gasteiger partial charge in [-0.15, -0.1) is 0 Å². The number of amides is 1. The first-order chi connectivity index (χ1) is 15.1. The average Bonchev–Trinajstić information content (AvgIpc) is 3.39. The van der Waals surface area contributed by atoms with Crippen molar-refractivity contribution in [3.05, 3.63) is 66.9 Å². The third-order valence-electron chi connectivity index (χ3n) is 6.20. The maximum absolute atomic E-state index is 13.9. The van der Waals surface area contributed by atoms with Crippen LogP contribution in [0.3, 0.4) is 0 Å². The first kappa shape index (κ1) is 19.5. The van der Waals surface area contributed by atoms with E-state index in [1.165, 1.54) is 6.07 Å². The molecule has 5 rings (SSSR count). The van der Waals surface area contributed by atoms with Crippen LogP contribution < -0.4 is 10.2 Å². The second-order valence-corrected chi connectivity index (χ2v) is 8.27. The monoisotopic (exact) mass is 421 g/mol. The quantitative estimate of drug-likeness (QED) is 0.661. The molecule has 2 fully saturated rings. The number of aromatic nitrogens is 3. The van der Waals surface area contributed by atoms with Crippen LogP contribution in [-0.4, -0.2) is 39.5 Å². The van der Waals surface area contributed by atoms with E-state index in [4.69, 9.17) is 4.74 Å². The molecule has 3 aromatic rings. The van der Waals surface area contributed by atoms with Crippen molar-refractivity contribution in [2.45, 2.75) is 31.3 Å². The van der Waals surface area contributed by atoms with E-state index in [1.54, 1.807) is 46.4 Å². The van der Waals surface area contributed by atoms with Crippen LogP contribution in [0.15, 0.2) is 61.1 Å². The lowest BCUT2D eigenvalue weighted by atomic mass is 9.78. The zero-order chi connectivity index (χ0) is 21.3. The molecule has 0 atom stereocenters. The van der Waals surface area contributed by atoms with Gasteiger partial charge >= 0.3 is 6.09 Å². The van der Waals surface area contributed by atoms with E-state index in [0.717, 1.165) is 43.7 Å². The number of para-hydroxylation sites is 1. The van der Waals surface area contributed by atoms with Gasteiger partial charge in [0.2, 0.25) is 0 Å². The first-order valence-electron chi connectivity index (χ1n) is 10.6. The Balaban J connectivity index is 1.15. The lowest BCUT2D eigenvalue weighted by Crippen LogP contribution is -2.39. The summed E-state index contributed by atoms with van der Waals surface area (Å²) in [6, 6.07) is 12.1. The molecule has 7 nitrogen and oxygen atoms in total. The van der Waals surface area contributed by atoms with E-state index in [9.17, 15) is 9.18 Å². The molecule has 0 radical (unpaired) electrons. The highest BCUT2D eigenvalue weighted by molar-refractivity contribution is 5.90. The number of hydrogen-bond acceptors (Lipinski definition) is 5. The number of carbonyl (C=O) groups excluding carboxylic acids is 1. The summed E-state index contributed by atoms with van der Waals surface area (Å²) in [6.45, 7) is 1.36. The summed E-state index contributed by atoms with van der Waals surface area (Å²) in [4.78, 5) is 18.2. The van der Waals surface area contributed by atoms with Crippen molar-refractivity contribution in [1.82, 2.24) is 14.8 Å². The molecule has 2 aromatic heterocycles. The molecular formula is C23H24FN5O2. The summed E-state index contributed by atoms with van der Waals surface area (Å²) in [7, 11) is 0. The Kier molecular flexibility index (Phi) is 5.05. The molecule has 1 aliphatic heterocycles. The maximum atomic E-state index is 13.9. The van der Waals surface area contributed by atoms with Crippen molar-refractivity contribution in [1.29, 1.82) is 0 Å². The molecule has 31 heavy (non-hydrogen) atoms. The number of nitrogens with one attached hydrogen (secondary N) is 1. The second-order valence-electron chi connectivity index (χ2n) is 8.27. The molecule has 1 aliphatic carbocycles. The van der Waals surface area contributed by atoms with Gasteiger partial charge < -0.3 is 10.1 Å². The summed E-state index contributed by atoms with van der Waals surface area (Å²) in [5, 5.41) is 7.80. The van der Waals surface area contributed by atoms with Crippen LogP contribution in [0.5, 0.6) is 0 Å². The van der Waals surface area contributed by atoms with Crippen molar-refractivity contribution in [3.63, 3.8) is 0 Å². The number of carbonyl (C=O) groups is 1. The van der Waals surface area contributed by atoms with Crippen molar-refractivity contribution in [2.75, 3.05) is 23.3 Å². The standard InChI is InChI=1S/C23H24FN5O2/c24-19-5-1-2-6-20(19)29-13-9-21(27-29)26-14-17-7-10-23(11-8-17)16-28(22(30)31-23)18-4-3-12-25-15-18/h1-6,9,12-13,15,17H,7-8,10-11,14,16H2,(H,26,27)/t17-,23+. The molecule has 1 amide bonds. The van der Waals surface area contributed by atoms with Crippen LogP contribution >= 0.6 is 0 Å². The summed E-state index contributed by atoms with van der Waals surface area (Å²) in [5.41, 5.74) is 0.797. The number of pyridine rings is 1. The number of benzene rings is 1. The van der Waals surface area contributed by atoms with Gasteiger partial charge in [0, 0.05) is 25.0 Å². The van der Waals surface area contributed by atoms with E-state index in [1.807, 2.05) is 18.2 Å². The fourth-order valence-corrected chi connectivity index (χ4v) is 4.44. The minimum absolute atomic E-state index is 0.289. The Hall–Kier alpha value is -3.42. The Bertz CT molecular complexity index is 1060. The van der Waals surface area contributed by atoms with E-state index >= 15 is 0 Å². The Morgan fingerprint density at radius 1 is 1.16 bits per heavy atom. The van der Waals surface area contributed by atoms with Gasteiger partial charge in [0.15, 0.2) is 0 Å². The van der Waals surface area contributed by atoms with Gasteiger partial charge in [-0.05, 0) is 55.9 Å². The zero-order valence-electron chi connectivity index (χ0n) is 17.1. The van der Waals surface area contributed by atoms with E-state index in [2.05, 4.69) is 15.4 Å². The third-order valence-corrected chi connectivity index (χ3v) is 6.20. The molecule has 0 unspecified atom stereocenters. The van der Waals surface area contributed by atoms with Crippen LogP contribution in [-0.2, 0) is 4.74 Å². The second kappa shape index (κ2) is 8.02. The summed E-state index contributed by atoms with van der Waals surface area (Å²) < 4.78 is 21.3. The third kappa shape index (κ3) is 3.97. The summed E-state index contributed by atoms with van der Waals surface area (Å²) in [5.74, 6) is 0.884. The summed E-state index contributed by atoms with van der Waals surface area (Å²) >= 11 is 0. The predicted octanol–water partition coefficient (Wildman–Crippen LogP) is 4.40. The van der Waals surface area contributed by atoms with Gasteiger partial charge in [-0.2, -0.15) is 5.10 Å². The van der Waals surface area contributed by atoms with Crippen molar-refractivity contribution in [2.24, 2.45) is 5.92 Å². The van der Waals surface area contributed by atoms with E-state index in [-0.39, 0.29) is 11.9 Å². The molecule has 0 bridgehead atoms. The maximum Gasteiger partial charge on any atom is 0.415 e. The minimum atomic E-state index is -0.407. The van der Waals surface area contributed by atoms with Crippen molar-refractivity contribution < 1.29 is 13.9 Å². The number of rotatable bonds is 5. The van der Waals surface area contributed by atoms with Gasteiger partial charge in [-0.3, -0.25) is 9.88 Å². The van der Waals surface area contributed by atoms with Crippen molar-refractivity contribution in [3.8, 4) is 5.69 Å². The SMILES string of the molecule is O=C1O[C@]2(CC[C@@H](CNc3ccn(-c4ccccc4F)n3)CC2)CN1c1cccnc1. The molecule has 1 spiro atoms. The normalized spacial score (nSPS) is 23.2. The fourth-order valence-electron chi connectivity index (χ4n) is 4.44. The molecule has 1 saturated carbocycles. The topological polar surface area (TPSA) is 72.3 Å². The van der Waals surface area contributed by atoms with Gasteiger partial charge in [0.1, 0.15) is 22.9 Å². The number of ether oxygens (including phenoxy) is 1. The van der Waals surface area contributed by atoms with Crippen LogP contribution in [0.1, 0.15) is 25.7 Å². The molecule has 2 aliphatic rings. The van der Waals surface area contributed by atoms with E-state index in [0.29, 0.717) is 18.2 Å². The number of anilines is 2. The molecule has 8 heteroatoms. The molecule has 160 valence electrons. The number of halogens is 1. The molecule has 1 aromatic carbocycles. The van der Waals surface area contributed by atoms with Crippen LogP contribution in [0.25, 0.3) is 5.69 Å². The Labute approximate surface area is 179 Å². The summed E-state index contributed by atoms with van der Waals surface area (Å²) in [6.07, 6.45) is 8.46. The van der Waals surface area contributed by atoms with Crippen LogP contribution in [0.2, 0.25) is 0 Å². The number of nitrogens with zero attached hydrogens (tertiary/aromatic N) is 4.